The molecule has 0 spiro atoms. The molecule has 0 unspecified atom stereocenters. The number of anilines is 1. The second-order valence-corrected chi connectivity index (χ2v) is 5.84. The van der Waals surface area contributed by atoms with Gasteiger partial charge in [0.2, 0.25) is 0 Å². The summed E-state index contributed by atoms with van der Waals surface area (Å²) in [7, 11) is 5.54. The summed E-state index contributed by atoms with van der Waals surface area (Å²) < 4.78 is 0. The quantitative estimate of drug-likeness (QED) is 0.903. The Kier molecular flexibility index (Phi) is 4.01. The van der Waals surface area contributed by atoms with Gasteiger partial charge in [-0.05, 0) is 38.0 Å². The van der Waals surface area contributed by atoms with Crippen LogP contribution in [0.5, 0.6) is 0 Å². The second-order valence-electron chi connectivity index (χ2n) is 5.84. The summed E-state index contributed by atoms with van der Waals surface area (Å²) in [4.78, 5) is 19.5. The molecule has 1 aromatic carbocycles. The van der Waals surface area contributed by atoms with Crippen molar-refractivity contribution in [3.8, 4) is 0 Å². The van der Waals surface area contributed by atoms with Gasteiger partial charge in [-0.1, -0.05) is 12.1 Å². The maximum Gasteiger partial charge on any atom is 0.265 e. The summed E-state index contributed by atoms with van der Waals surface area (Å²) in [5.74, 6) is -0.0193. The van der Waals surface area contributed by atoms with E-state index in [1.807, 2.05) is 27.9 Å². The van der Waals surface area contributed by atoms with Crippen LogP contribution in [0.1, 0.15) is 19.4 Å². The van der Waals surface area contributed by atoms with Crippen LogP contribution in [0.2, 0.25) is 0 Å². The lowest BCUT2D eigenvalue weighted by molar-refractivity contribution is -0.192. The minimum atomic E-state index is -0.472. The van der Waals surface area contributed by atoms with E-state index in [0.29, 0.717) is 6.42 Å². The van der Waals surface area contributed by atoms with Crippen LogP contribution in [0.4, 0.5) is 5.69 Å². The first-order valence-electron chi connectivity index (χ1n) is 6.77. The molecule has 1 heterocycles. The molecular weight excluding hydrogens is 254 g/mol. The Morgan fingerprint density at radius 3 is 2.35 bits per heavy atom. The van der Waals surface area contributed by atoms with Gasteiger partial charge < -0.3 is 4.90 Å². The molecule has 20 heavy (non-hydrogen) atoms. The van der Waals surface area contributed by atoms with E-state index in [4.69, 9.17) is 4.84 Å². The van der Waals surface area contributed by atoms with Crippen LogP contribution < -0.4 is 10.2 Å². The third kappa shape index (κ3) is 2.78. The predicted octanol–water partition coefficient (Wildman–Crippen LogP) is 1.39. The Balaban J connectivity index is 2.09. The molecule has 5 nitrogen and oxygen atoms in total. The van der Waals surface area contributed by atoms with Gasteiger partial charge in [0.05, 0.1) is 13.2 Å². The molecule has 2 rings (SSSR count). The average Bonchev–Trinajstić information content (AvgIpc) is 2.59. The van der Waals surface area contributed by atoms with E-state index in [1.165, 1.54) is 12.2 Å². The van der Waals surface area contributed by atoms with Crippen molar-refractivity contribution in [2.45, 2.75) is 32.0 Å². The van der Waals surface area contributed by atoms with Gasteiger partial charge >= 0.3 is 0 Å². The van der Waals surface area contributed by atoms with Gasteiger partial charge in [0.1, 0.15) is 5.66 Å². The second kappa shape index (κ2) is 5.42. The molecule has 5 heteroatoms. The molecule has 110 valence electrons. The van der Waals surface area contributed by atoms with Crippen LogP contribution in [0.25, 0.3) is 0 Å². The molecule has 1 saturated heterocycles. The van der Waals surface area contributed by atoms with E-state index in [1.54, 1.807) is 0 Å². The van der Waals surface area contributed by atoms with E-state index >= 15 is 0 Å². The van der Waals surface area contributed by atoms with Crippen LogP contribution in [-0.4, -0.2) is 43.9 Å². The SMILES string of the molecule is CON1C(=O)[C@H](Cc2ccc(N(C)C)cc2)NC1(C)C. The summed E-state index contributed by atoms with van der Waals surface area (Å²) >= 11 is 0. The van der Waals surface area contributed by atoms with Gasteiger partial charge in [-0.15, -0.1) is 0 Å². The number of benzene rings is 1. The molecule has 1 atom stereocenters. The molecule has 1 fully saturated rings. The van der Waals surface area contributed by atoms with Gasteiger partial charge in [-0.3, -0.25) is 14.9 Å². The number of hydroxylamine groups is 2. The zero-order valence-corrected chi connectivity index (χ0v) is 12.8. The van der Waals surface area contributed by atoms with E-state index in [9.17, 15) is 4.79 Å². The summed E-state index contributed by atoms with van der Waals surface area (Å²) in [6.07, 6.45) is 0.663. The maximum atomic E-state index is 12.3. The van der Waals surface area contributed by atoms with Gasteiger partial charge in [0.15, 0.2) is 0 Å². The number of hydrogen-bond acceptors (Lipinski definition) is 4. The maximum absolute atomic E-state index is 12.3. The Morgan fingerprint density at radius 2 is 1.90 bits per heavy atom. The van der Waals surface area contributed by atoms with Crippen LogP contribution in [-0.2, 0) is 16.1 Å². The van der Waals surface area contributed by atoms with Crippen LogP contribution >= 0.6 is 0 Å². The number of amides is 1. The summed E-state index contributed by atoms with van der Waals surface area (Å²) in [6.45, 7) is 3.87. The van der Waals surface area contributed by atoms with Gasteiger partial charge in [-0.25, -0.2) is 5.06 Å². The first-order valence-corrected chi connectivity index (χ1v) is 6.77. The van der Waals surface area contributed by atoms with Crippen molar-refractivity contribution in [3.63, 3.8) is 0 Å². The third-order valence-corrected chi connectivity index (χ3v) is 3.61. The lowest BCUT2D eigenvalue weighted by Crippen LogP contribution is -2.46. The fraction of sp³-hybridized carbons (Fsp3) is 0.533. The smallest absolute Gasteiger partial charge is 0.265 e. The molecule has 0 saturated carbocycles. The zero-order valence-electron chi connectivity index (χ0n) is 12.8. The number of carbonyl (C=O) groups excluding carboxylic acids is 1. The number of rotatable bonds is 4. The van der Waals surface area contributed by atoms with E-state index in [-0.39, 0.29) is 11.9 Å². The number of carbonyl (C=O) groups is 1. The average molecular weight is 277 g/mol. The minimum absolute atomic E-state index is 0.0193. The Hall–Kier alpha value is -1.59. The third-order valence-electron chi connectivity index (χ3n) is 3.61. The van der Waals surface area contributed by atoms with Crippen molar-refractivity contribution in [2.24, 2.45) is 0 Å². The molecule has 1 N–H and O–H groups in total. The van der Waals surface area contributed by atoms with Crippen LogP contribution in [0.3, 0.4) is 0 Å². The van der Waals surface area contributed by atoms with Crippen molar-refractivity contribution in [3.05, 3.63) is 29.8 Å². The zero-order chi connectivity index (χ0) is 14.9. The Morgan fingerprint density at radius 1 is 1.30 bits per heavy atom. The highest BCUT2D eigenvalue weighted by atomic mass is 16.7. The van der Waals surface area contributed by atoms with Crippen molar-refractivity contribution in [1.29, 1.82) is 0 Å². The van der Waals surface area contributed by atoms with Gasteiger partial charge in [0, 0.05) is 19.8 Å². The van der Waals surface area contributed by atoms with Gasteiger partial charge in [-0.2, -0.15) is 0 Å². The minimum Gasteiger partial charge on any atom is -0.378 e. The number of nitrogens with one attached hydrogen (secondary N) is 1. The standard InChI is InChI=1S/C15H23N3O2/c1-15(2)16-13(14(19)18(15)20-5)10-11-6-8-12(9-7-11)17(3)4/h6-9,13,16H,10H2,1-5H3/t13-/m0/s1. The first kappa shape index (κ1) is 14.8. The molecule has 1 aromatic rings. The van der Waals surface area contributed by atoms with Gasteiger partial charge in [0.25, 0.3) is 5.91 Å². The normalized spacial score (nSPS) is 21.4. The summed E-state index contributed by atoms with van der Waals surface area (Å²) in [5, 5.41) is 4.72. The summed E-state index contributed by atoms with van der Waals surface area (Å²) in [5.41, 5.74) is 1.81. The van der Waals surface area contributed by atoms with E-state index in [2.05, 4.69) is 34.5 Å². The largest absolute Gasteiger partial charge is 0.378 e. The van der Waals surface area contributed by atoms with Crippen molar-refractivity contribution in [2.75, 3.05) is 26.1 Å². The molecule has 1 amide bonds. The summed E-state index contributed by atoms with van der Waals surface area (Å²) in [6, 6.07) is 8.01. The number of hydrogen-bond donors (Lipinski definition) is 1. The van der Waals surface area contributed by atoms with E-state index in [0.717, 1.165) is 11.3 Å². The molecule has 0 aliphatic carbocycles. The fourth-order valence-corrected chi connectivity index (χ4v) is 2.59. The lowest BCUT2D eigenvalue weighted by atomic mass is 10.1. The van der Waals surface area contributed by atoms with Crippen molar-refractivity contribution < 1.29 is 9.63 Å². The van der Waals surface area contributed by atoms with E-state index < -0.39 is 5.66 Å². The molecule has 0 bridgehead atoms. The molecule has 1 aliphatic rings. The van der Waals surface area contributed by atoms with Crippen LogP contribution in [0.15, 0.2) is 24.3 Å². The molecule has 0 radical (unpaired) electrons. The molecule has 0 aromatic heterocycles. The Bertz CT molecular complexity index is 482. The first-order chi connectivity index (χ1) is 9.35. The topological polar surface area (TPSA) is 44.8 Å². The van der Waals surface area contributed by atoms with Crippen molar-refractivity contribution >= 4 is 11.6 Å². The number of nitrogens with zero attached hydrogens (tertiary/aromatic N) is 2. The monoisotopic (exact) mass is 277 g/mol. The highest BCUT2D eigenvalue weighted by molar-refractivity contribution is 5.84. The molecule has 1 aliphatic heterocycles. The molecular formula is C15H23N3O2. The van der Waals surface area contributed by atoms with Crippen molar-refractivity contribution in [1.82, 2.24) is 10.4 Å². The Labute approximate surface area is 120 Å². The highest BCUT2D eigenvalue weighted by Gasteiger charge is 2.44. The van der Waals surface area contributed by atoms with Crippen LogP contribution in [0, 0.1) is 0 Å². The fourth-order valence-electron chi connectivity index (χ4n) is 2.59. The predicted molar refractivity (Wildman–Crippen MR) is 79.3 cm³/mol. The lowest BCUT2D eigenvalue weighted by Gasteiger charge is -2.28. The highest BCUT2D eigenvalue weighted by Crippen LogP contribution is 2.23.